The molecule has 2 aromatic rings. The lowest BCUT2D eigenvalue weighted by Crippen LogP contribution is -2.24. The van der Waals surface area contributed by atoms with Gasteiger partial charge in [0.15, 0.2) is 0 Å². The van der Waals surface area contributed by atoms with E-state index in [-0.39, 0.29) is 6.04 Å². The molecule has 0 aliphatic heterocycles. The van der Waals surface area contributed by atoms with Crippen molar-refractivity contribution in [2.75, 3.05) is 11.2 Å². The molecule has 0 amide bonds. The molecule has 1 heterocycles. The van der Waals surface area contributed by atoms with Crippen LogP contribution in [0.3, 0.4) is 0 Å². The quantitative estimate of drug-likeness (QED) is 0.837. The van der Waals surface area contributed by atoms with Crippen LogP contribution in [0.5, 0.6) is 0 Å². The maximum Gasteiger partial charge on any atom is 0.0590 e. The molecule has 1 unspecified atom stereocenters. The van der Waals surface area contributed by atoms with Crippen molar-refractivity contribution >= 4 is 33.2 Å². The largest absolute Gasteiger partial charge is 0.380 e. The van der Waals surface area contributed by atoms with E-state index in [2.05, 4.69) is 38.4 Å². The zero-order valence-corrected chi connectivity index (χ0v) is 12.2. The molecule has 18 heavy (non-hydrogen) atoms. The Labute approximate surface area is 121 Å². The molecule has 0 aliphatic carbocycles. The predicted molar refractivity (Wildman–Crippen MR) is 80.2 cm³/mol. The summed E-state index contributed by atoms with van der Waals surface area (Å²) in [6.07, 6.45) is 4.44. The lowest BCUT2D eigenvalue weighted by atomic mass is 10.1. The van der Waals surface area contributed by atoms with Crippen LogP contribution >= 0.6 is 27.5 Å². The van der Waals surface area contributed by atoms with E-state index in [1.165, 1.54) is 5.56 Å². The molecule has 0 aliphatic rings. The molecule has 4 heteroatoms. The highest BCUT2D eigenvalue weighted by molar-refractivity contribution is 9.10. The highest BCUT2D eigenvalue weighted by atomic mass is 79.9. The standard InChI is InChI=1S/C14H14BrClN2/c15-13-10-17-7-6-14(13)18-12(9-16)8-11-4-2-1-3-5-11/h1-7,10,12H,8-9H2,(H,17,18). The second-order valence-electron chi connectivity index (χ2n) is 4.04. The third-order valence-corrected chi connectivity index (χ3v) is 3.65. The van der Waals surface area contributed by atoms with E-state index in [0.29, 0.717) is 5.88 Å². The highest BCUT2D eigenvalue weighted by Gasteiger charge is 2.09. The Hall–Kier alpha value is -1.06. The van der Waals surface area contributed by atoms with Gasteiger partial charge in [0.1, 0.15) is 0 Å². The first kappa shape index (κ1) is 13.4. The van der Waals surface area contributed by atoms with Crippen LogP contribution in [0.25, 0.3) is 0 Å². The number of hydrogen-bond donors (Lipinski definition) is 1. The van der Waals surface area contributed by atoms with E-state index in [0.717, 1.165) is 16.6 Å². The number of alkyl halides is 1. The van der Waals surface area contributed by atoms with Crippen LogP contribution in [0.4, 0.5) is 5.69 Å². The fraction of sp³-hybridized carbons (Fsp3) is 0.214. The van der Waals surface area contributed by atoms with Gasteiger partial charge in [-0.1, -0.05) is 30.3 Å². The van der Waals surface area contributed by atoms with Crippen molar-refractivity contribution in [3.63, 3.8) is 0 Å². The summed E-state index contributed by atoms with van der Waals surface area (Å²) in [5.74, 6) is 0.559. The molecule has 0 radical (unpaired) electrons. The molecular formula is C14H14BrClN2. The Morgan fingerprint density at radius 2 is 2.00 bits per heavy atom. The van der Waals surface area contributed by atoms with Gasteiger partial charge in [-0.25, -0.2) is 0 Å². The maximum atomic E-state index is 6.03. The van der Waals surface area contributed by atoms with Gasteiger partial charge in [-0.3, -0.25) is 4.98 Å². The van der Waals surface area contributed by atoms with Gasteiger partial charge in [0.25, 0.3) is 0 Å². The highest BCUT2D eigenvalue weighted by Crippen LogP contribution is 2.21. The Balaban J connectivity index is 2.04. The summed E-state index contributed by atoms with van der Waals surface area (Å²) in [7, 11) is 0. The number of hydrogen-bond acceptors (Lipinski definition) is 2. The zero-order chi connectivity index (χ0) is 12.8. The third kappa shape index (κ3) is 3.72. The van der Waals surface area contributed by atoms with Crippen molar-refractivity contribution in [3.05, 3.63) is 58.8 Å². The number of halogens is 2. The van der Waals surface area contributed by atoms with Gasteiger partial charge < -0.3 is 5.32 Å². The molecule has 2 nitrogen and oxygen atoms in total. The second-order valence-corrected chi connectivity index (χ2v) is 5.20. The number of nitrogens with one attached hydrogen (secondary N) is 1. The third-order valence-electron chi connectivity index (χ3n) is 2.64. The van der Waals surface area contributed by atoms with Crippen molar-refractivity contribution in [1.29, 1.82) is 0 Å². The van der Waals surface area contributed by atoms with Crippen molar-refractivity contribution in [3.8, 4) is 0 Å². The average Bonchev–Trinajstić information content (AvgIpc) is 2.41. The lowest BCUT2D eigenvalue weighted by Gasteiger charge is -2.18. The van der Waals surface area contributed by atoms with Gasteiger partial charge in [0, 0.05) is 24.3 Å². The Bertz CT molecular complexity index is 490. The van der Waals surface area contributed by atoms with Gasteiger partial charge in [0.05, 0.1) is 10.2 Å². The summed E-state index contributed by atoms with van der Waals surface area (Å²) in [5.41, 5.74) is 2.30. The molecule has 0 saturated carbocycles. The molecule has 1 aromatic heterocycles. The molecule has 94 valence electrons. The lowest BCUT2D eigenvalue weighted by molar-refractivity contribution is 0.796. The fourth-order valence-electron chi connectivity index (χ4n) is 1.75. The Morgan fingerprint density at radius 3 is 2.67 bits per heavy atom. The van der Waals surface area contributed by atoms with Gasteiger partial charge >= 0.3 is 0 Å². The van der Waals surface area contributed by atoms with Crippen molar-refractivity contribution in [2.45, 2.75) is 12.5 Å². The fourth-order valence-corrected chi connectivity index (χ4v) is 2.31. The first-order chi connectivity index (χ1) is 8.79. The minimum absolute atomic E-state index is 0.202. The van der Waals surface area contributed by atoms with Crippen LogP contribution in [0, 0.1) is 0 Å². The van der Waals surface area contributed by atoms with Gasteiger partial charge in [-0.15, -0.1) is 11.6 Å². The molecule has 2 rings (SSSR count). The van der Waals surface area contributed by atoms with E-state index < -0.39 is 0 Å². The van der Waals surface area contributed by atoms with Crippen molar-refractivity contribution in [2.24, 2.45) is 0 Å². The second kappa shape index (κ2) is 6.76. The van der Waals surface area contributed by atoms with Gasteiger partial charge in [-0.05, 0) is 34.0 Å². The molecule has 1 N–H and O–H groups in total. The average molecular weight is 326 g/mol. The van der Waals surface area contributed by atoms with Crippen LogP contribution in [-0.2, 0) is 6.42 Å². The summed E-state index contributed by atoms with van der Waals surface area (Å²) in [4.78, 5) is 4.04. The first-order valence-electron chi connectivity index (χ1n) is 5.75. The van der Waals surface area contributed by atoms with Crippen LogP contribution in [0.2, 0.25) is 0 Å². The normalized spacial score (nSPS) is 12.1. The molecule has 0 bridgehead atoms. The smallest absolute Gasteiger partial charge is 0.0590 e. The van der Waals surface area contributed by atoms with Crippen molar-refractivity contribution < 1.29 is 0 Å². The van der Waals surface area contributed by atoms with Gasteiger partial charge in [-0.2, -0.15) is 0 Å². The topological polar surface area (TPSA) is 24.9 Å². The zero-order valence-electron chi connectivity index (χ0n) is 9.81. The van der Waals surface area contributed by atoms with Crippen LogP contribution in [-0.4, -0.2) is 16.9 Å². The summed E-state index contributed by atoms with van der Waals surface area (Å²) < 4.78 is 0.952. The number of rotatable bonds is 5. The van der Waals surface area contributed by atoms with E-state index in [1.54, 1.807) is 12.4 Å². The molecule has 0 spiro atoms. The minimum atomic E-state index is 0.202. The number of aromatic nitrogens is 1. The molecule has 0 fully saturated rings. The SMILES string of the molecule is ClCC(Cc1ccccc1)Nc1ccncc1Br. The van der Waals surface area contributed by atoms with Gasteiger partial charge in [0.2, 0.25) is 0 Å². The Morgan fingerprint density at radius 1 is 1.22 bits per heavy atom. The molecular weight excluding hydrogens is 312 g/mol. The molecule has 0 saturated heterocycles. The Kier molecular flexibility index (Phi) is 5.02. The van der Waals surface area contributed by atoms with Crippen LogP contribution in [0.1, 0.15) is 5.56 Å². The summed E-state index contributed by atoms with van der Waals surface area (Å²) in [6, 6.07) is 12.5. The number of benzene rings is 1. The van der Waals surface area contributed by atoms with Crippen LogP contribution in [0.15, 0.2) is 53.3 Å². The summed E-state index contributed by atoms with van der Waals surface area (Å²) >= 11 is 9.50. The van der Waals surface area contributed by atoms with E-state index in [1.807, 2.05) is 24.3 Å². The molecule has 1 aromatic carbocycles. The predicted octanol–water partition coefficient (Wildman–Crippen LogP) is 4.11. The van der Waals surface area contributed by atoms with E-state index in [4.69, 9.17) is 11.6 Å². The van der Waals surface area contributed by atoms with Crippen molar-refractivity contribution in [1.82, 2.24) is 4.98 Å². The van der Waals surface area contributed by atoms with Crippen LogP contribution < -0.4 is 5.32 Å². The maximum absolute atomic E-state index is 6.03. The summed E-state index contributed by atoms with van der Waals surface area (Å²) in [5, 5.41) is 3.43. The summed E-state index contributed by atoms with van der Waals surface area (Å²) in [6.45, 7) is 0. The number of anilines is 1. The van der Waals surface area contributed by atoms with E-state index in [9.17, 15) is 0 Å². The minimum Gasteiger partial charge on any atom is -0.380 e. The molecule has 1 atom stereocenters. The van der Waals surface area contributed by atoms with E-state index >= 15 is 0 Å². The number of pyridine rings is 1. The monoisotopic (exact) mass is 324 g/mol. The first-order valence-corrected chi connectivity index (χ1v) is 7.08. The number of nitrogens with zero attached hydrogens (tertiary/aromatic N) is 1.